The standard InChI is InChI=1S/C15H31N5O.HI/c1-10(2)18-14(21)7-17-15(16-6)19-13-9-20(11(3)4)8-12(13)5;/h10-13H,7-9H2,1-6H3,(H,18,21)(H2,16,17,19);1H. The number of hydrogen-bond acceptors (Lipinski definition) is 3. The van der Waals surface area contributed by atoms with Crippen molar-refractivity contribution in [3.63, 3.8) is 0 Å². The molecule has 1 heterocycles. The molecule has 0 radical (unpaired) electrons. The molecule has 0 aromatic rings. The molecule has 0 bridgehead atoms. The zero-order valence-electron chi connectivity index (χ0n) is 14.6. The van der Waals surface area contributed by atoms with E-state index in [-0.39, 0.29) is 42.5 Å². The number of likely N-dealkylation sites (tertiary alicyclic amines) is 1. The Bertz CT molecular complexity index is 373. The number of nitrogens with zero attached hydrogens (tertiary/aromatic N) is 2. The van der Waals surface area contributed by atoms with Crippen molar-refractivity contribution in [3.8, 4) is 0 Å². The fourth-order valence-corrected chi connectivity index (χ4v) is 2.52. The first-order valence-electron chi connectivity index (χ1n) is 7.84. The molecule has 1 aliphatic heterocycles. The van der Waals surface area contributed by atoms with Crippen LogP contribution >= 0.6 is 24.0 Å². The van der Waals surface area contributed by atoms with Gasteiger partial charge in [0.1, 0.15) is 0 Å². The van der Waals surface area contributed by atoms with Crippen LogP contribution in [-0.2, 0) is 4.79 Å². The van der Waals surface area contributed by atoms with Crippen LogP contribution in [0.2, 0.25) is 0 Å². The zero-order chi connectivity index (χ0) is 16.0. The molecule has 0 aromatic heterocycles. The van der Waals surface area contributed by atoms with Crippen LogP contribution in [0, 0.1) is 5.92 Å². The minimum Gasteiger partial charge on any atom is -0.352 e. The Balaban J connectivity index is 0.00000441. The average molecular weight is 425 g/mol. The Morgan fingerprint density at radius 3 is 2.36 bits per heavy atom. The predicted octanol–water partition coefficient (Wildman–Crippen LogP) is 1.02. The number of carbonyl (C=O) groups is 1. The minimum atomic E-state index is -0.0174. The van der Waals surface area contributed by atoms with Gasteiger partial charge in [0.2, 0.25) is 5.91 Å². The molecule has 0 aliphatic carbocycles. The Morgan fingerprint density at radius 1 is 1.27 bits per heavy atom. The van der Waals surface area contributed by atoms with Crippen molar-refractivity contribution in [2.24, 2.45) is 10.9 Å². The van der Waals surface area contributed by atoms with Gasteiger partial charge in [0.05, 0.1) is 6.54 Å². The minimum absolute atomic E-state index is 0. The average Bonchev–Trinajstić information content (AvgIpc) is 2.75. The fourth-order valence-electron chi connectivity index (χ4n) is 2.52. The molecule has 0 saturated carbocycles. The number of guanidine groups is 1. The van der Waals surface area contributed by atoms with Crippen molar-refractivity contribution in [1.82, 2.24) is 20.9 Å². The summed E-state index contributed by atoms with van der Waals surface area (Å²) in [6.45, 7) is 12.9. The lowest BCUT2D eigenvalue weighted by Crippen LogP contribution is -2.49. The summed E-state index contributed by atoms with van der Waals surface area (Å²) in [6.07, 6.45) is 0. The first-order valence-corrected chi connectivity index (χ1v) is 7.84. The number of nitrogens with one attached hydrogen (secondary N) is 3. The van der Waals surface area contributed by atoms with Crippen LogP contribution in [0.5, 0.6) is 0 Å². The van der Waals surface area contributed by atoms with Gasteiger partial charge in [0, 0.05) is 38.3 Å². The highest BCUT2D eigenvalue weighted by Gasteiger charge is 2.31. The maximum absolute atomic E-state index is 11.7. The molecule has 6 nitrogen and oxygen atoms in total. The number of rotatable bonds is 5. The third-order valence-corrected chi connectivity index (χ3v) is 3.78. The van der Waals surface area contributed by atoms with E-state index in [1.54, 1.807) is 7.05 Å². The van der Waals surface area contributed by atoms with E-state index in [1.807, 2.05) is 13.8 Å². The lowest BCUT2D eigenvalue weighted by molar-refractivity contribution is -0.120. The Kier molecular flexibility index (Phi) is 9.99. The van der Waals surface area contributed by atoms with E-state index in [2.05, 4.69) is 46.6 Å². The second-order valence-corrected chi connectivity index (χ2v) is 6.42. The van der Waals surface area contributed by atoms with Gasteiger partial charge in [-0.3, -0.25) is 14.7 Å². The smallest absolute Gasteiger partial charge is 0.239 e. The van der Waals surface area contributed by atoms with Crippen LogP contribution in [0.3, 0.4) is 0 Å². The van der Waals surface area contributed by atoms with Crippen molar-refractivity contribution in [2.45, 2.75) is 52.7 Å². The molecule has 1 rings (SSSR count). The molecule has 1 fully saturated rings. The molecule has 3 N–H and O–H groups in total. The third-order valence-electron chi connectivity index (χ3n) is 3.78. The van der Waals surface area contributed by atoms with E-state index in [0.717, 1.165) is 13.1 Å². The highest BCUT2D eigenvalue weighted by molar-refractivity contribution is 14.0. The normalized spacial score (nSPS) is 22.6. The highest BCUT2D eigenvalue weighted by Crippen LogP contribution is 2.18. The van der Waals surface area contributed by atoms with Gasteiger partial charge in [-0.25, -0.2) is 0 Å². The first kappa shape index (κ1) is 21.4. The lowest BCUT2D eigenvalue weighted by atomic mass is 10.1. The molecule has 130 valence electrons. The molecule has 2 unspecified atom stereocenters. The van der Waals surface area contributed by atoms with E-state index in [1.165, 1.54) is 0 Å². The van der Waals surface area contributed by atoms with Crippen molar-refractivity contribution in [3.05, 3.63) is 0 Å². The summed E-state index contributed by atoms with van der Waals surface area (Å²) < 4.78 is 0. The fraction of sp³-hybridized carbons (Fsp3) is 0.867. The molecule has 7 heteroatoms. The van der Waals surface area contributed by atoms with Gasteiger partial charge in [-0.2, -0.15) is 0 Å². The second kappa shape index (κ2) is 10.3. The van der Waals surface area contributed by atoms with Gasteiger partial charge in [-0.05, 0) is 33.6 Å². The molecular weight excluding hydrogens is 393 g/mol. The molecule has 0 spiro atoms. The Morgan fingerprint density at radius 2 is 1.91 bits per heavy atom. The van der Waals surface area contributed by atoms with Crippen LogP contribution in [0.15, 0.2) is 4.99 Å². The molecule has 1 saturated heterocycles. The Labute approximate surface area is 151 Å². The van der Waals surface area contributed by atoms with E-state index in [9.17, 15) is 4.79 Å². The van der Waals surface area contributed by atoms with Crippen LogP contribution in [-0.4, -0.2) is 61.6 Å². The van der Waals surface area contributed by atoms with Gasteiger partial charge in [-0.1, -0.05) is 6.92 Å². The van der Waals surface area contributed by atoms with Gasteiger partial charge in [0.25, 0.3) is 0 Å². The number of amides is 1. The summed E-state index contributed by atoms with van der Waals surface area (Å²) in [5.74, 6) is 1.24. The van der Waals surface area contributed by atoms with Crippen LogP contribution < -0.4 is 16.0 Å². The number of carbonyl (C=O) groups excluding carboxylic acids is 1. The van der Waals surface area contributed by atoms with E-state index >= 15 is 0 Å². The maximum Gasteiger partial charge on any atom is 0.239 e. The first-order chi connectivity index (χ1) is 9.83. The zero-order valence-corrected chi connectivity index (χ0v) is 17.0. The third kappa shape index (κ3) is 7.13. The van der Waals surface area contributed by atoms with Crippen molar-refractivity contribution in [2.75, 3.05) is 26.7 Å². The topological polar surface area (TPSA) is 68.8 Å². The molecule has 1 amide bonds. The lowest BCUT2D eigenvalue weighted by Gasteiger charge is -2.22. The SMILES string of the molecule is CN=C(NCC(=O)NC(C)C)NC1CN(C(C)C)CC1C.I. The van der Waals surface area contributed by atoms with E-state index < -0.39 is 0 Å². The molecular formula is C15H32IN5O. The van der Waals surface area contributed by atoms with Gasteiger partial charge < -0.3 is 16.0 Å². The predicted molar refractivity (Wildman–Crippen MR) is 103 cm³/mol. The van der Waals surface area contributed by atoms with E-state index in [4.69, 9.17) is 0 Å². The number of hydrogen-bond donors (Lipinski definition) is 3. The summed E-state index contributed by atoms with van der Waals surface area (Å²) in [5, 5.41) is 9.35. The molecule has 2 atom stereocenters. The largest absolute Gasteiger partial charge is 0.352 e. The maximum atomic E-state index is 11.7. The summed E-state index contributed by atoms with van der Waals surface area (Å²) in [7, 11) is 1.73. The van der Waals surface area contributed by atoms with Gasteiger partial charge in [0.15, 0.2) is 5.96 Å². The molecule has 0 aromatic carbocycles. The number of aliphatic imine (C=N–C) groups is 1. The van der Waals surface area contributed by atoms with Crippen molar-refractivity contribution >= 4 is 35.8 Å². The molecule has 1 aliphatic rings. The summed E-state index contributed by atoms with van der Waals surface area (Å²) in [5.41, 5.74) is 0. The van der Waals surface area contributed by atoms with E-state index in [0.29, 0.717) is 24.0 Å². The second-order valence-electron chi connectivity index (χ2n) is 6.42. The van der Waals surface area contributed by atoms with Crippen molar-refractivity contribution < 1.29 is 4.79 Å². The Hall–Kier alpha value is -0.570. The summed E-state index contributed by atoms with van der Waals surface area (Å²) in [4.78, 5) is 18.3. The molecule has 22 heavy (non-hydrogen) atoms. The quantitative estimate of drug-likeness (QED) is 0.350. The summed E-state index contributed by atoms with van der Waals surface area (Å²) >= 11 is 0. The highest BCUT2D eigenvalue weighted by atomic mass is 127. The van der Waals surface area contributed by atoms with Gasteiger partial charge >= 0.3 is 0 Å². The monoisotopic (exact) mass is 425 g/mol. The van der Waals surface area contributed by atoms with Crippen molar-refractivity contribution in [1.29, 1.82) is 0 Å². The summed E-state index contributed by atoms with van der Waals surface area (Å²) in [6, 6.07) is 1.08. The van der Waals surface area contributed by atoms with Crippen LogP contribution in [0.4, 0.5) is 0 Å². The van der Waals surface area contributed by atoms with Crippen LogP contribution in [0.1, 0.15) is 34.6 Å². The van der Waals surface area contributed by atoms with Crippen LogP contribution in [0.25, 0.3) is 0 Å². The van der Waals surface area contributed by atoms with Gasteiger partial charge in [-0.15, -0.1) is 24.0 Å². The number of halogens is 1.